The summed E-state index contributed by atoms with van der Waals surface area (Å²) in [7, 11) is 1.70. The summed E-state index contributed by atoms with van der Waals surface area (Å²) in [5.74, 6) is 0.831. The predicted octanol–water partition coefficient (Wildman–Crippen LogP) is 5.28. The molecular weight excluding hydrogens is 486 g/mol. The Bertz CT molecular complexity index is 1250. The SMILES string of the molecule is COc1ccc(N(Cc2cnccc2C)C2CCN([C@H](C)CCNC(=O)c3c(C)ccc(N)c3C)CC2)cc1. The molecule has 4 rings (SSSR count). The van der Waals surface area contributed by atoms with E-state index in [2.05, 4.69) is 52.1 Å². The fraction of sp³-hybridized carbons (Fsp3) is 0.438. The Morgan fingerprint density at radius 2 is 1.82 bits per heavy atom. The molecule has 1 aliphatic heterocycles. The second-order valence-corrected chi connectivity index (χ2v) is 10.8. The molecule has 3 aromatic rings. The molecular formula is C32H43N5O2. The number of amides is 1. The van der Waals surface area contributed by atoms with Crippen LogP contribution in [0.5, 0.6) is 5.75 Å². The van der Waals surface area contributed by atoms with Gasteiger partial charge >= 0.3 is 0 Å². The van der Waals surface area contributed by atoms with Crippen molar-refractivity contribution in [3.63, 3.8) is 0 Å². The van der Waals surface area contributed by atoms with Crippen molar-refractivity contribution in [3.8, 4) is 5.75 Å². The molecule has 1 atom stereocenters. The molecule has 2 aromatic carbocycles. The minimum Gasteiger partial charge on any atom is -0.497 e. The number of nitrogen functional groups attached to an aromatic ring is 1. The summed E-state index contributed by atoms with van der Waals surface area (Å²) >= 11 is 0. The molecule has 0 spiro atoms. The van der Waals surface area contributed by atoms with Gasteiger partial charge in [-0.2, -0.15) is 0 Å². The number of aromatic nitrogens is 1. The van der Waals surface area contributed by atoms with Crippen LogP contribution in [0.1, 0.15) is 58.8 Å². The number of nitrogens with one attached hydrogen (secondary N) is 1. The number of ether oxygens (including phenoxy) is 1. The van der Waals surface area contributed by atoms with Gasteiger partial charge in [-0.1, -0.05) is 6.07 Å². The highest BCUT2D eigenvalue weighted by molar-refractivity contribution is 5.98. The van der Waals surface area contributed by atoms with Crippen LogP contribution < -0.4 is 20.7 Å². The summed E-state index contributed by atoms with van der Waals surface area (Å²) in [6.45, 7) is 11.8. The molecule has 208 valence electrons. The van der Waals surface area contributed by atoms with E-state index in [0.29, 0.717) is 29.9 Å². The smallest absolute Gasteiger partial charge is 0.251 e. The van der Waals surface area contributed by atoms with Crippen molar-refractivity contribution in [1.82, 2.24) is 15.2 Å². The number of hydrogen-bond acceptors (Lipinski definition) is 6. The molecule has 39 heavy (non-hydrogen) atoms. The number of nitrogens with zero attached hydrogens (tertiary/aromatic N) is 3. The average Bonchev–Trinajstić information content (AvgIpc) is 2.95. The van der Waals surface area contributed by atoms with Gasteiger partial charge < -0.3 is 25.6 Å². The standard InChI is InChI=1S/C32H43N5O2/c1-22-12-16-34-20-26(22)21-37(27-7-9-29(39-5)10-8-27)28-14-18-36(19-15-28)24(3)13-17-35-32(38)31-23(2)6-11-30(33)25(31)4/h6-12,16,20,24,28H,13-15,17-19,21,33H2,1-5H3,(H,35,38)/t24-/m1/s1. The molecule has 1 fully saturated rings. The lowest BCUT2D eigenvalue weighted by Gasteiger charge is -2.42. The molecule has 0 radical (unpaired) electrons. The van der Waals surface area contributed by atoms with Gasteiger partial charge in [-0.05, 0) is 106 Å². The van der Waals surface area contributed by atoms with Crippen molar-refractivity contribution in [2.75, 3.05) is 37.4 Å². The van der Waals surface area contributed by atoms with E-state index in [9.17, 15) is 4.79 Å². The number of hydrogen-bond donors (Lipinski definition) is 2. The monoisotopic (exact) mass is 529 g/mol. The summed E-state index contributed by atoms with van der Waals surface area (Å²) in [4.78, 5) is 22.3. The molecule has 0 saturated carbocycles. The Balaban J connectivity index is 1.35. The Morgan fingerprint density at radius 3 is 2.49 bits per heavy atom. The number of benzene rings is 2. The van der Waals surface area contributed by atoms with Crippen molar-refractivity contribution >= 4 is 17.3 Å². The first-order chi connectivity index (χ1) is 18.8. The normalized spacial score (nSPS) is 15.1. The minimum atomic E-state index is -0.0379. The van der Waals surface area contributed by atoms with Crippen LogP contribution in [0.3, 0.4) is 0 Å². The third-order valence-electron chi connectivity index (χ3n) is 8.25. The number of rotatable bonds is 10. The van der Waals surface area contributed by atoms with Gasteiger partial charge in [0.1, 0.15) is 5.75 Å². The van der Waals surface area contributed by atoms with Crippen LogP contribution >= 0.6 is 0 Å². The molecule has 1 aliphatic rings. The molecule has 7 nitrogen and oxygen atoms in total. The van der Waals surface area contributed by atoms with Crippen LogP contribution in [-0.2, 0) is 6.54 Å². The lowest BCUT2D eigenvalue weighted by Crippen LogP contribution is -2.48. The van der Waals surface area contributed by atoms with Crippen molar-refractivity contribution in [1.29, 1.82) is 0 Å². The van der Waals surface area contributed by atoms with Gasteiger partial charge in [0, 0.05) is 67.6 Å². The number of likely N-dealkylation sites (tertiary alicyclic amines) is 1. The second kappa shape index (κ2) is 13.0. The summed E-state index contributed by atoms with van der Waals surface area (Å²) in [5.41, 5.74) is 12.9. The molecule has 0 aliphatic carbocycles. The number of pyridine rings is 1. The van der Waals surface area contributed by atoms with Gasteiger partial charge in [0.2, 0.25) is 0 Å². The highest BCUT2D eigenvalue weighted by Gasteiger charge is 2.28. The summed E-state index contributed by atoms with van der Waals surface area (Å²) in [6.07, 6.45) is 6.93. The van der Waals surface area contributed by atoms with Gasteiger partial charge in [-0.25, -0.2) is 0 Å². The van der Waals surface area contributed by atoms with Gasteiger partial charge in [0.15, 0.2) is 0 Å². The first-order valence-electron chi connectivity index (χ1n) is 14.0. The first-order valence-corrected chi connectivity index (χ1v) is 14.0. The van der Waals surface area contributed by atoms with Crippen LogP contribution in [0, 0.1) is 20.8 Å². The van der Waals surface area contributed by atoms with Gasteiger partial charge in [0.05, 0.1) is 7.11 Å². The molecule has 0 unspecified atom stereocenters. The van der Waals surface area contributed by atoms with Gasteiger partial charge in [0.25, 0.3) is 5.91 Å². The van der Waals surface area contributed by atoms with Crippen LogP contribution in [-0.4, -0.2) is 54.6 Å². The van der Waals surface area contributed by atoms with E-state index in [4.69, 9.17) is 10.5 Å². The van der Waals surface area contributed by atoms with Crippen molar-refractivity contribution in [2.24, 2.45) is 0 Å². The third-order valence-corrected chi connectivity index (χ3v) is 8.25. The quantitative estimate of drug-likeness (QED) is 0.348. The van der Waals surface area contributed by atoms with Gasteiger partial charge in [-0.3, -0.25) is 9.78 Å². The van der Waals surface area contributed by atoms with Crippen LogP contribution in [0.2, 0.25) is 0 Å². The van der Waals surface area contributed by atoms with E-state index in [1.807, 2.05) is 50.5 Å². The van der Waals surface area contributed by atoms with E-state index in [-0.39, 0.29) is 5.91 Å². The Morgan fingerprint density at radius 1 is 1.10 bits per heavy atom. The maximum absolute atomic E-state index is 12.9. The van der Waals surface area contributed by atoms with E-state index in [1.54, 1.807) is 7.11 Å². The lowest BCUT2D eigenvalue weighted by molar-refractivity contribution is 0.0944. The number of nitrogens with two attached hydrogens (primary N) is 1. The Kier molecular flexibility index (Phi) is 9.46. The zero-order chi connectivity index (χ0) is 27.9. The number of piperidine rings is 1. The number of methoxy groups -OCH3 is 1. The highest BCUT2D eigenvalue weighted by Crippen LogP contribution is 2.29. The number of aryl methyl sites for hydroxylation is 2. The Hall–Kier alpha value is -3.58. The summed E-state index contributed by atoms with van der Waals surface area (Å²) in [5, 5.41) is 3.12. The number of carbonyl (C=O) groups excluding carboxylic acids is 1. The van der Waals surface area contributed by atoms with E-state index < -0.39 is 0 Å². The average molecular weight is 530 g/mol. The van der Waals surface area contributed by atoms with Crippen LogP contribution in [0.15, 0.2) is 54.9 Å². The minimum absolute atomic E-state index is 0.0379. The lowest BCUT2D eigenvalue weighted by atomic mass is 9.98. The summed E-state index contributed by atoms with van der Waals surface area (Å²) < 4.78 is 5.39. The van der Waals surface area contributed by atoms with Crippen molar-refractivity contribution < 1.29 is 9.53 Å². The van der Waals surface area contributed by atoms with Crippen molar-refractivity contribution in [2.45, 2.75) is 65.6 Å². The number of carbonyl (C=O) groups is 1. The topological polar surface area (TPSA) is 83.7 Å². The second-order valence-electron chi connectivity index (χ2n) is 10.8. The maximum Gasteiger partial charge on any atom is 0.251 e. The Labute approximate surface area is 233 Å². The highest BCUT2D eigenvalue weighted by atomic mass is 16.5. The molecule has 1 amide bonds. The van der Waals surface area contributed by atoms with Crippen molar-refractivity contribution in [3.05, 3.63) is 82.7 Å². The zero-order valence-corrected chi connectivity index (χ0v) is 24.0. The van der Waals surface area contributed by atoms with Gasteiger partial charge in [-0.15, -0.1) is 0 Å². The number of anilines is 2. The van der Waals surface area contributed by atoms with Crippen LogP contribution in [0.4, 0.5) is 11.4 Å². The van der Waals surface area contributed by atoms with E-state index >= 15 is 0 Å². The molecule has 1 saturated heterocycles. The fourth-order valence-corrected chi connectivity index (χ4v) is 5.57. The molecule has 3 N–H and O–H groups in total. The first kappa shape index (κ1) is 28.4. The predicted molar refractivity (Wildman–Crippen MR) is 159 cm³/mol. The molecule has 0 bridgehead atoms. The van der Waals surface area contributed by atoms with E-state index in [0.717, 1.165) is 55.8 Å². The maximum atomic E-state index is 12.9. The van der Waals surface area contributed by atoms with Crippen LogP contribution in [0.25, 0.3) is 0 Å². The molecule has 7 heteroatoms. The van der Waals surface area contributed by atoms with E-state index in [1.165, 1.54) is 16.8 Å². The zero-order valence-electron chi connectivity index (χ0n) is 24.0. The molecule has 2 heterocycles. The fourth-order valence-electron chi connectivity index (χ4n) is 5.57. The molecule has 1 aromatic heterocycles. The summed E-state index contributed by atoms with van der Waals surface area (Å²) in [6, 6.07) is 15.1. The largest absolute Gasteiger partial charge is 0.497 e. The third kappa shape index (κ3) is 6.90.